The van der Waals surface area contributed by atoms with Gasteiger partial charge in [0.1, 0.15) is 17.5 Å². The summed E-state index contributed by atoms with van der Waals surface area (Å²) in [5, 5.41) is 0.259. The number of aromatic amines is 1. The molecule has 5 heteroatoms. The summed E-state index contributed by atoms with van der Waals surface area (Å²) in [5.74, 6) is -0.269. The number of imidazole rings is 1. The van der Waals surface area contributed by atoms with Crippen molar-refractivity contribution in [1.29, 1.82) is 0 Å². The monoisotopic (exact) mass is 264 g/mol. The highest BCUT2D eigenvalue weighted by atomic mass is 35.5. The maximum Gasteiger partial charge on any atom is 0.140 e. The molecule has 0 bridgehead atoms. The highest BCUT2D eigenvalue weighted by Crippen LogP contribution is 2.28. The second kappa shape index (κ2) is 4.07. The first-order valence-electron chi connectivity index (χ1n) is 5.24. The van der Waals surface area contributed by atoms with Crippen LogP contribution in [0.4, 0.5) is 8.78 Å². The fraction of sp³-hybridized carbons (Fsp3) is 0. The lowest BCUT2D eigenvalue weighted by Crippen LogP contribution is -1.83. The first-order valence-corrected chi connectivity index (χ1v) is 5.62. The van der Waals surface area contributed by atoms with Crippen molar-refractivity contribution in [2.45, 2.75) is 0 Å². The van der Waals surface area contributed by atoms with Gasteiger partial charge in [0, 0.05) is 5.56 Å². The summed E-state index contributed by atoms with van der Waals surface area (Å²) in [7, 11) is 0. The normalized spacial score (nSPS) is 11.1. The summed E-state index contributed by atoms with van der Waals surface area (Å²) >= 11 is 5.95. The summed E-state index contributed by atoms with van der Waals surface area (Å²) in [4.78, 5) is 7.24. The number of benzene rings is 2. The second-order valence-corrected chi connectivity index (χ2v) is 4.28. The number of hydrogen-bond acceptors (Lipinski definition) is 1. The highest BCUT2D eigenvalue weighted by molar-refractivity contribution is 6.33. The van der Waals surface area contributed by atoms with Crippen LogP contribution in [0, 0.1) is 11.6 Å². The van der Waals surface area contributed by atoms with Crippen LogP contribution >= 0.6 is 11.6 Å². The van der Waals surface area contributed by atoms with Crippen LogP contribution in [0.3, 0.4) is 0 Å². The number of fused-ring (bicyclic) bond motifs is 1. The molecule has 3 rings (SSSR count). The minimum Gasteiger partial charge on any atom is -0.338 e. The van der Waals surface area contributed by atoms with Gasteiger partial charge in [0.2, 0.25) is 0 Å². The summed E-state index contributed by atoms with van der Waals surface area (Å²) in [6.45, 7) is 0. The summed E-state index contributed by atoms with van der Waals surface area (Å²) in [5.41, 5.74) is 1.78. The molecule has 90 valence electrons. The molecule has 3 aromatic rings. The third kappa shape index (κ3) is 1.84. The molecule has 0 spiro atoms. The zero-order valence-corrected chi connectivity index (χ0v) is 9.80. The molecule has 0 radical (unpaired) electrons. The summed E-state index contributed by atoms with van der Waals surface area (Å²) in [6, 6.07) is 8.30. The largest absolute Gasteiger partial charge is 0.338 e. The van der Waals surface area contributed by atoms with Gasteiger partial charge in [-0.3, -0.25) is 0 Å². The fourth-order valence-electron chi connectivity index (χ4n) is 1.79. The summed E-state index contributed by atoms with van der Waals surface area (Å²) < 4.78 is 26.0. The molecule has 0 aliphatic heterocycles. The Morgan fingerprint density at radius 2 is 1.72 bits per heavy atom. The van der Waals surface area contributed by atoms with Crippen LogP contribution in [0.1, 0.15) is 0 Å². The topological polar surface area (TPSA) is 28.7 Å². The Morgan fingerprint density at radius 3 is 2.50 bits per heavy atom. The van der Waals surface area contributed by atoms with Crippen LogP contribution in [0.15, 0.2) is 36.4 Å². The van der Waals surface area contributed by atoms with Crippen molar-refractivity contribution in [3.05, 3.63) is 53.1 Å². The summed E-state index contributed by atoms with van der Waals surface area (Å²) in [6.07, 6.45) is 0. The average molecular weight is 265 g/mol. The van der Waals surface area contributed by atoms with Crippen molar-refractivity contribution in [2.24, 2.45) is 0 Å². The van der Waals surface area contributed by atoms with E-state index in [0.29, 0.717) is 22.4 Å². The SMILES string of the molecule is Fc1ccc(-c2nc3ccc(F)cc3[nH]2)c(Cl)c1. The van der Waals surface area contributed by atoms with Crippen LogP contribution in [-0.4, -0.2) is 9.97 Å². The van der Waals surface area contributed by atoms with E-state index in [9.17, 15) is 8.78 Å². The fourth-order valence-corrected chi connectivity index (χ4v) is 2.05. The molecule has 1 heterocycles. The second-order valence-electron chi connectivity index (χ2n) is 3.87. The van der Waals surface area contributed by atoms with Crippen molar-refractivity contribution in [1.82, 2.24) is 9.97 Å². The van der Waals surface area contributed by atoms with Crippen molar-refractivity contribution >= 4 is 22.6 Å². The minimum absolute atomic E-state index is 0.259. The molecule has 0 saturated carbocycles. The zero-order chi connectivity index (χ0) is 12.7. The standard InChI is InChI=1S/C13H7ClF2N2/c14-10-5-7(15)1-3-9(10)13-17-11-4-2-8(16)6-12(11)18-13/h1-6H,(H,17,18). The van der Waals surface area contributed by atoms with Crippen molar-refractivity contribution in [2.75, 3.05) is 0 Å². The smallest absolute Gasteiger partial charge is 0.140 e. The lowest BCUT2D eigenvalue weighted by Gasteiger charge is -1.99. The zero-order valence-electron chi connectivity index (χ0n) is 9.05. The molecule has 1 aromatic heterocycles. The highest BCUT2D eigenvalue weighted by Gasteiger charge is 2.10. The van der Waals surface area contributed by atoms with Gasteiger partial charge in [-0.2, -0.15) is 0 Å². The average Bonchev–Trinajstić information content (AvgIpc) is 2.71. The molecule has 0 fully saturated rings. The lowest BCUT2D eigenvalue weighted by molar-refractivity contribution is 0.628. The molecule has 0 atom stereocenters. The van der Waals surface area contributed by atoms with Crippen LogP contribution in [0.25, 0.3) is 22.4 Å². The minimum atomic E-state index is -0.411. The molecule has 0 unspecified atom stereocenters. The van der Waals surface area contributed by atoms with Gasteiger partial charge in [-0.1, -0.05) is 11.6 Å². The number of nitrogens with zero attached hydrogens (tertiary/aromatic N) is 1. The van der Waals surface area contributed by atoms with Gasteiger partial charge in [-0.25, -0.2) is 13.8 Å². The third-order valence-corrected chi connectivity index (χ3v) is 2.94. The van der Waals surface area contributed by atoms with Crippen LogP contribution in [0.2, 0.25) is 5.02 Å². The number of rotatable bonds is 1. The molecule has 1 N–H and O–H groups in total. The van der Waals surface area contributed by atoms with Gasteiger partial charge in [0.25, 0.3) is 0 Å². The molecular weight excluding hydrogens is 258 g/mol. The van der Waals surface area contributed by atoms with Gasteiger partial charge in [-0.15, -0.1) is 0 Å². The number of halogens is 3. The predicted octanol–water partition coefficient (Wildman–Crippen LogP) is 4.16. The number of nitrogens with one attached hydrogen (secondary N) is 1. The Labute approximate surface area is 106 Å². The molecule has 0 saturated heterocycles. The van der Waals surface area contributed by atoms with Crippen molar-refractivity contribution in [3.63, 3.8) is 0 Å². The quantitative estimate of drug-likeness (QED) is 0.702. The van der Waals surface area contributed by atoms with E-state index in [1.807, 2.05) is 0 Å². The van der Waals surface area contributed by atoms with Gasteiger partial charge < -0.3 is 4.98 Å². The molecule has 0 aliphatic rings. The molecule has 2 aromatic carbocycles. The van der Waals surface area contributed by atoms with Gasteiger partial charge in [-0.05, 0) is 36.4 Å². The van der Waals surface area contributed by atoms with E-state index in [-0.39, 0.29) is 10.8 Å². The first kappa shape index (κ1) is 11.2. The van der Waals surface area contributed by atoms with Crippen molar-refractivity contribution in [3.8, 4) is 11.4 Å². The maximum absolute atomic E-state index is 13.1. The third-order valence-electron chi connectivity index (χ3n) is 2.63. The first-order chi connectivity index (χ1) is 8.63. The van der Waals surface area contributed by atoms with E-state index in [1.165, 1.54) is 30.3 Å². The molecule has 0 aliphatic carbocycles. The lowest BCUT2D eigenvalue weighted by atomic mass is 10.2. The number of aromatic nitrogens is 2. The van der Waals surface area contributed by atoms with Gasteiger partial charge in [0.05, 0.1) is 16.1 Å². The van der Waals surface area contributed by atoms with Crippen molar-refractivity contribution < 1.29 is 8.78 Å². The van der Waals surface area contributed by atoms with Crippen LogP contribution < -0.4 is 0 Å². The van der Waals surface area contributed by atoms with E-state index in [0.717, 1.165) is 0 Å². The Hall–Kier alpha value is -1.94. The van der Waals surface area contributed by atoms with Crippen LogP contribution in [-0.2, 0) is 0 Å². The molecule has 18 heavy (non-hydrogen) atoms. The predicted molar refractivity (Wildman–Crippen MR) is 66.5 cm³/mol. The van der Waals surface area contributed by atoms with E-state index >= 15 is 0 Å². The number of H-pyrrole nitrogens is 1. The molecule has 2 nitrogen and oxygen atoms in total. The maximum atomic E-state index is 13.1. The van der Waals surface area contributed by atoms with Gasteiger partial charge >= 0.3 is 0 Å². The van der Waals surface area contributed by atoms with Gasteiger partial charge in [0.15, 0.2) is 0 Å². The van der Waals surface area contributed by atoms with Crippen LogP contribution in [0.5, 0.6) is 0 Å². The number of hydrogen-bond donors (Lipinski definition) is 1. The molecule has 0 amide bonds. The Kier molecular flexibility index (Phi) is 2.52. The van der Waals surface area contributed by atoms with E-state index in [2.05, 4.69) is 9.97 Å². The molecular formula is C13H7ClF2N2. The Bertz CT molecular complexity index is 737. The van der Waals surface area contributed by atoms with E-state index in [4.69, 9.17) is 11.6 Å². The Balaban J connectivity index is 2.19. The van der Waals surface area contributed by atoms with E-state index in [1.54, 1.807) is 6.07 Å². The van der Waals surface area contributed by atoms with E-state index < -0.39 is 5.82 Å². The Morgan fingerprint density at radius 1 is 1.00 bits per heavy atom.